The van der Waals surface area contributed by atoms with Crippen molar-refractivity contribution in [2.45, 2.75) is 19.8 Å². The van der Waals surface area contributed by atoms with Crippen molar-refractivity contribution in [2.75, 3.05) is 13.7 Å². The van der Waals surface area contributed by atoms with Crippen LogP contribution in [-0.4, -0.2) is 24.7 Å². The maximum atomic E-state index is 12.6. The highest BCUT2D eigenvalue weighted by Gasteiger charge is 2.19. The van der Waals surface area contributed by atoms with Crippen LogP contribution in [0.25, 0.3) is 0 Å². The fourth-order valence-electron chi connectivity index (χ4n) is 1.40. The molecule has 0 aliphatic carbocycles. The number of alkyl halides is 2. The van der Waals surface area contributed by atoms with E-state index in [4.69, 9.17) is 9.47 Å². The summed E-state index contributed by atoms with van der Waals surface area (Å²) in [6.07, 6.45) is -2.86. The van der Waals surface area contributed by atoms with Gasteiger partial charge in [-0.2, -0.15) is 0 Å². The standard InChI is InChI=1S/C11H12BrF2NO3/c1-3-18-8(16)5-6-4-7(11(13)14)15-10(12)9(6)17-2/h4,11H,3,5H2,1-2H3. The van der Waals surface area contributed by atoms with Gasteiger partial charge in [0.15, 0.2) is 5.75 Å². The van der Waals surface area contributed by atoms with E-state index in [0.29, 0.717) is 5.56 Å². The Morgan fingerprint density at radius 2 is 2.22 bits per heavy atom. The van der Waals surface area contributed by atoms with Crippen LogP contribution in [0.1, 0.15) is 24.6 Å². The zero-order valence-corrected chi connectivity index (χ0v) is 11.5. The van der Waals surface area contributed by atoms with Gasteiger partial charge in [-0.1, -0.05) is 0 Å². The lowest BCUT2D eigenvalue weighted by Gasteiger charge is -2.11. The summed E-state index contributed by atoms with van der Waals surface area (Å²) < 4.78 is 35.2. The Hall–Kier alpha value is -1.24. The second-order valence-corrected chi connectivity index (χ2v) is 4.06. The number of aromatic nitrogens is 1. The zero-order chi connectivity index (χ0) is 13.7. The van der Waals surface area contributed by atoms with E-state index in [2.05, 4.69) is 20.9 Å². The first-order chi connectivity index (χ1) is 8.49. The molecule has 0 atom stereocenters. The Labute approximate surface area is 111 Å². The van der Waals surface area contributed by atoms with E-state index in [-0.39, 0.29) is 23.4 Å². The molecule has 0 N–H and O–H groups in total. The Kier molecular flexibility index (Phi) is 5.46. The molecule has 1 aromatic heterocycles. The van der Waals surface area contributed by atoms with Gasteiger partial charge in [-0.25, -0.2) is 13.8 Å². The van der Waals surface area contributed by atoms with Gasteiger partial charge >= 0.3 is 5.97 Å². The number of hydrogen-bond acceptors (Lipinski definition) is 4. The maximum absolute atomic E-state index is 12.6. The van der Waals surface area contributed by atoms with Crippen molar-refractivity contribution < 1.29 is 23.0 Å². The van der Waals surface area contributed by atoms with Crippen molar-refractivity contribution >= 4 is 21.9 Å². The smallest absolute Gasteiger partial charge is 0.310 e. The molecule has 0 saturated heterocycles. The molecule has 1 rings (SSSR count). The number of pyridine rings is 1. The van der Waals surface area contributed by atoms with E-state index in [1.54, 1.807) is 6.92 Å². The van der Waals surface area contributed by atoms with Crippen LogP contribution >= 0.6 is 15.9 Å². The predicted octanol–water partition coefficient (Wildman–Crippen LogP) is 2.90. The van der Waals surface area contributed by atoms with Crippen LogP contribution in [0, 0.1) is 0 Å². The van der Waals surface area contributed by atoms with Crippen LogP contribution in [0.15, 0.2) is 10.7 Å². The van der Waals surface area contributed by atoms with Crippen LogP contribution in [0.2, 0.25) is 0 Å². The fourth-order valence-corrected chi connectivity index (χ4v) is 2.02. The normalized spacial score (nSPS) is 10.6. The van der Waals surface area contributed by atoms with Crippen LogP contribution in [0.5, 0.6) is 5.75 Å². The number of hydrogen-bond donors (Lipinski definition) is 0. The van der Waals surface area contributed by atoms with Crippen molar-refractivity contribution in [1.82, 2.24) is 4.98 Å². The topological polar surface area (TPSA) is 48.4 Å². The molecule has 100 valence electrons. The van der Waals surface area contributed by atoms with Gasteiger partial charge in [0.1, 0.15) is 10.3 Å². The average Bonchev–Trinajstić information content (AvgIpc) is 2.28. The third-order valence-corrected chi connectivity index (χ3v) is 2.63. The van der Waals surface area contributed by atoms with Gasteiger partial charge in [0.2, 0.25) is 0 Å². The first-order valence-corrected chi connectivity index (χ1v) is 5.96. The lowest BCUT2D eigenvalue weighted by molar-refractivity contribution is -0.142. The molecule has 1 aromatic rings. The number of ether oxygens (including phenoxy) is 2. The fraction of sp³-hybridized carbons (Fsp3) is 0.455. The number of carbonyl (C=O) groups excluding carboxylic acids is 1. The molecule has 0 aliphatic rings. The molecule has 0 unspecified atom stereocenters. The van der Waals surface area contributed by atoms with E-state index >= 15 is 0 Å². The second kappa shape index (κ2) is 6.63. The van der Waals surface area contributed by atoms with Gasteiger partial charge in [0, 0.05) is 5.56 Å². The van der Waals surface area contributed by atoms with Gasteiger partial charge in [0.25, 0.3) is 6.43 Å². The summed E-state index contributed by atoms with van der Waals surface area (Å²) in [6.45, 7) is 1.90. The molecule has 4 nitrogen and oxygen atoms in total. The SMILES string of the molecule is CCOC(=O)Cc1cc(C(F)F)nc(Br)c1OC. The Morgan fingerprint density at radius 3 is 2.72 bits per heavy atom. The lowest BCUT2D eigenvalue weighted by Crippen LogP contribution is -2.10. The molecule has 0 bridgehead atoms. The predicted molar refractivity (Wildman–Crippen MR) is 63.8 cm³/mol. The van der Waals surface area contributed by atoms with Gasteiger partial charge in [-0.05, 0) is 28.9 Å². The zero-order valence-electron chi connectivity index (χ0n) is 9.87. The number of rotatable bonds is 5. The van der Waals surface area contributed by atoms with Gasteiger partial charge in [-0.3, -0.25) is 4.79 Å². The van der Waals surface area contributed by atoms with Crippen molar-refractivity contribution in [1.29, 1.82) is 0 Å². The van der Waals surface area contributed by atoms with Crippen molar-refractivity contribution in [3.63, 3.8) is 0 Å². The molecule has 0 spiro atoms. The molecule has 1 heterocycles. The average molecular weight is 324 g/mol. The Balaban J connectivity index is 3.10. The van der Waals surface area contributed by atoms with E-state index in [1.165, 1.54) is 7.11 Å². The summed E-state index contributed by atoms with van der Waals surface area (Å²) in [4.78, 5) is 15.0. The maximum Gasteiger partial charge on any atom is 0.310 e. The summed E-state index contributed by atoms with van der Waals surface area (Å²) in [5.74, 6) is -0.249. The Morgan fingerprint density at radius 1 is 1.56 bits per heavy atom. The molecular weight excluding hydrogens is 312 g/mol. The highest BCUT2D eigenvalue weighted by atomic mass is 79.9. The van der Waals surface area contributed by atoms with Crippen LogP contribution < -0.4 is 4.74 Å². The highest BCUT2D eigenvalue weighted by Crippen LogP contribution is 2.31. The molecule has 0 saturated carbocycles. The molecule has 7 heteroatoms. The minimum absolute atomic E-state index is 0.141. The number of methoxy groups -OCH3 is 1. The lowest BCUT2D eigenvalue weighted by atomic mass is 10.1. The number of esters is 1. The number of carbonyl (C=O) groups is 1. The molecular formula is C11H12BrF2NO3. The minimum Gasteiger partial charge on any atom is -0.494 e. The molecule has 0 aromatic carbocycles. The largest absolute Gasteiger partial charge is 0.494 e. The summed E-state index contributed by atoms with van der Waals surface area (Å²) in [5, 5.41) is 0. The first kappa shape index (κ1) is 14.8. The molecule has 0 amide bonds. The number of nitrogens with zero attached hydrogens (tertiary/aromatic N) is 1. The van der Waals surface area contributed by atoms with Crippen LogP contribution in [0.3, 0.4) is 0 Å². The minimum atomic E-state index is -2.71. The molecule has 18 heavy (non-hydrogen) atoms. The quantitative estimate of drug-likeness (QED) is 0.617. The molecule has 0 fully saturated rings. The van der Waals surface area contributed by atoms with Gasteiger partial charge in [-0.15, -0.1) is 0 Å². The van der Waals surface area contributed by atoms with E-state index < -0.39 is 18.1 Å². The van der Waals surface area contributed by atoms with Crippen LogP contribution in [-0.2, 0) is 16.0 Å². The second-order valence-electron chi connectivity index (χ2n) is 3.31. The Bertz CT molecular complexity index is 441. The number of halogens is 3. The third kappa shape index (κ3) is 3.63. The molecule has 0 radical (unpaired) electrons. The summed E-state index contributed by atoms with van der Waals surface area (Å²) in [6, 6.07) is 1.14. The monoisotopic (exact) mass is 323 g/mol. The third-order valence-electron chi connectivity index (χ3n) is 2.10. The highest BCUT2D eigenvalue weighted by molar-refractivity contribution is 9.10. The van der Waals surface area contributed by atoms with E-state index in [1.807, 2.05) is 0 Å². The van der Waals surface area contributed by atoms with Crippen molar-refractivity contribution in [3.05, 3.63) is 21.9 Å². The van der Waals surface area contributed by atoms with Crippen molar-refractivity contribution in [3.8, 4) is 5.75 Å². The van der Waals surface area contributed by atoms with Gasteiger partial charge < -0.3 is 9.47 Å². The summed E-state index contributed by atoms with van der Waals surface area (Å²) >= 11 is 3.03. The molecule has 0 aliphatic heterocycles. The van der Waals surface area contributed by atoms with Crippen molar-refractivity contribution in [2.24, 2.45) is 0 Å². The first-order valence-electron chi connectivity index (χ1n) is 5.16. The van der Waals surface area contributed by atoms with Crippen LogP contribution in [0.4, 0.5) is 8.78 Å². The summed E-state index contributed by atoms with van der Waals surface area (Å²) in [7, 11) is 1.37. The summed E-state index contributed by atoms with van der Waals surface area (Å²) in [5.41, 5.74) is -0.102. The van der Waals surface area contributed by atoms with E-state index in [0.717, 1.165) is 6.07 Å². The van der Waals surface area contributed by atoms with E-state index in [9.17, 15) is 13.6 Å². The van der Waals surface area contributed by atoms with Gasteiger partial charge in [0.05, 0.1) is 20.1 Å².